The van der Waals surface area contributed by atoms with Gasteiger partial charge < -0.3 is 14.8 Å². The Kier molecular flexibility index (Phi) is 3.64. The van der Waals surface area contributed by atoms with Crippen molar-refractivity contribution >= 4 is 17.4 Å². The van der Waals surface area contributed by atoms with Crippen LogP contribution >= 0.6 is 0 Å². The van der Waals surface area contributed by atoms with Crippen molar-refractivity contribution in [3.63, 3.8) is 0 Å². The first-order valence-corrected chi connectivity index (χ1v) is 7.05. The molecule has 1 heterocycles. The summed E-state index contributed by atoms with van der Waals surface area (Å²) >= 11 is 0. The largest absolute Gasteiger partial charge is 0.454 e. The molecule has 1 aliphatic carbocycles. The van der Waals surface area contributed by atoms with Crippen LogP contribution in [0.5, 0.6) is 11.5 Å². The minimum Gasteiger partial charge on any atom is -0.454 e. The third-order valence-corrected chi connectivity index (χ3v) is 3.79. The molecular weight excluding hydrogens is 270 g/mol. The molecular formula is C16H17NO4. The molecule has 1 aromatic rings. The van der Waals surface area contributed by atoms with E-state index in [1.165, 1.54) is 6.92 Å². The zero-order chi connectivity index (χ0) is 14.8. The van der Waals surface area contributed by atoms with Gasteiger partial charge in [0, 0.05) is 17.5 Å². The summed E-state index contributed by atoms with van der Waals surface area (Å²) in [6.45, 7) is 1.61. The van der Waals surface area contributed by atoms with E-state index in [0.29, 0.717) is 22.7 Å². The highest BCUT2D eigenvalue weighted by Gasteiger charge is 2.23. The van der Waals surface area contributed by atoms with Crippen LogP contribution < -0.4 is 14.8 Å². The third-order valence-electron chi connectivity index (χ3n) is 3.79. The molecule has 1 aromatic carbocycles. The first kappa shape index (κ1) is 13.7. The highest BCUT2D eigenvalue weighted by molar-refractivity contribution is 6.05. The van der Waals surface area contributed by atoms with Crippen LogP contribution in [0.4, 0.5) is 5.69 Å². The number of carbonyl (C=O) groups excluding carboxylic acids is 2. The summed E-state index contributed by atoms with van der Waals surface area (Å²) < 4.78 is 10.6. The molecule has 0 aromatic heterocycles. The van der Waals surface area contributed by atoms with Gasteiger partial charge in [-0.1, -0.05) is 12.2 Å². The van der Waals surface area contributed by atoms with Gasteiger partial charge in [0.1, 0.15) is 0 Å². The van der Waals surface area contributed by atoms with Crippen LogP contribution in [-0.4, -0.2) is 18.5 Å². The molecule has 0 fully saturated rings. The highest BCUT2D eigenvalue weighted by Crippen LogP contribution is 2.37. The lowest BCUT2D eigenvalue weighted by molar-refractivity contribution is -0.120. The van der Waals surface area contributed by atoms with E-state index >= 15 is 0 Å². The van der Waals surface area contributed by atoms with E-state index in [4.69, 9.17) is 9.47 Å². The van der Waals surface area contributed by atoms with Gasteiger partial charge in [0.25, 0.3) is 0 Å². The molecule has 1 atom stereocenters. The molecule has 3 rings (SSSR count). The van der Waals surface area contributed by atoms with Gasteiger partial charge in [-0.3, -0.25) is 9.59 Å². The minimum absolute atomic E-state index is 0.0415. The van der Waals surface area contributed by atoms with E-state index < -0.39 is 0 Å². The predicted molar refractivity (Wildman–Crippen MR) is 77.7 cm³/mol. The van der Waals surface area contributed by atoms with Crippen molar-refractivity contribution in [2.45, 2.75) is 26.2 Å². The number of hydrogen-bond donors (Lipinski definition) is 1. The van der Waals surface area contributed by atoms with Gasteiger partial charge in [-0.2, -0.15) is 0 Å². The van der Waals surface area contributed by atoms with E-state index in [2.05, 4.69) is 11.4 Å². The number of Topliss-reactive ketones (excluding diaryl/α,β-unsaturated/α-hetero) is 1. The molecule has 1 N–H and O–H groups in total. The molecule has 0 saturated carbocycles. The fourth-order valence-corrected chi connectivity index (χ4v) is 2.60. The molecule has 0 bridgehead atoms. The normalized spacial score (nSPS) is 19.4. The summed E-state index contributed by atoms with van der Waals surface area (Å²) in [5, 5.41) is 2.86. The number of anilines is 1. The molecule has 5 heteroatoms. The average molecular weight is 287 g/mol. The van der Waals surface area contributed by atoms with Gasteiger partial charge in [-0.15, -0.1) is 0 Å². The first-order valence-electron chi connectivity index (χ1n) is 7.05. The van der Waals surface area contributed by atoms with Crippen LogP contribution in [-0.2, 0) is 4.79 Å². The molecule has 1 aliphatic heterocycles. The number of nitrogens with one attached hydrogen (secondary N) is 1. The first-order chi connectivity index (χ1) is 10.1. The quantitative estimate of drug-likeness (QED) is 0.685. The van der Waals surface area contributed by atoms with Crippen molar-refractivity contribution in [2.24, 2.45) is 5.92 Å². The Hall–Kier alpha value is -2.30. The van der Waals surface area contributed by atoms with Gasteiger partial charge >= 0.3 is 0 Å². The second kappa shape index (κ2) is 5.60. The highest BCUT2D eigenvalue weighted by atomic mass is 16.7. The summed E-state index contributed by atoms with van der Waals surface area (Å²) in [6.07, 6.45) is 6.61. The number of amides is 1. The number of hydrogen-bond acceptors (Lipinski definition) is 4. The van der Waals surface area contributed by atoms with Gasteiger partial charge in [-0.05, 0) is 32.3 Å². The Bertz CT molecular complexity index is 621. The molecule has 2 aliphatic rings. The SMILES string of the molecule is CC(=O)c1cc2c(cc1NC(=O)C1CC=CCC1)OCO2. The Balaban J connectivity index is 1.85. The lowest BCUT2D eigenvalue weighted by atomic mass is 9.93. The van der Waals surface area contributed by atoms with E-state index in [1.54, 1.807) is 12.1 Å². The standard InChI is InChI=1S/C16H17NO4/c1-10(18)12-7-14-15(21-9-20-14)8-13(12)17-16(19)11-5-3-2-4-6-11/h2-3,7-8,11H,4-6,9H2,1H3,(H,17,19). The van der Waals surface area contributed by atoms with Crippen molar-refractivity contribution in [3.8, 4) is 11.5 Å². The van der Waals surface area contributed by atoms with Gasteiger partial charge in [0.2, 0.25) is 12.7 Å². The van der Waals surface area contributed by atoms with E-state index in [-0.39, 0.29) is 24.4 Å². The Morgan fingerprint density at radius 1 is 1.19 bits per heavy atom. The van der Waals surface area contributed by atoms with Gasteiger partial charge in [0.05, 0.1) is 5.69 Å². The van der Waals surface area contributed by atoms with Crippen LogP contribution in [0.2, 0.25) is 0 Å². The number of benzene rings is 1. The maximum atomic E-state index is 12.3. The fraction of sp³-hybridized carbons (Fsp3) is 0.375. The van der Waals surface area contributed by atoms with Crippen LogP contribution in [0, 0.1) is 5.92 Å². The molecule has 110 valence electrons. The van der Waals surface area contributed by atoms with Crippen molar-refractivity contribution < 1.29 is 19.1 Å². The average Bonchev–Trinajstić information content (AvgIpc) is 2.94. The lowest BCUT2D eigenvalue weighted by Gasteiger charge is -2.18. The van der Waals surface area contributed by atoms with Crippen LogP contribution in [0.25, 0.3) is 0 Å². The number of ether oxygens (including phenoxy) is 2. The molecule has 5 nitrogen and oxygen atoms in total. The van der Waals surface area contributed by atoms with Gasteiger partial charge in [-0.25, -0.2) is 0 Å². The summed E-state index contributed by atoms with van der Waals surface area (Å²) in [7, 11) is 0. The van der Waals surface area contributed by atoms with Crippen molar-refractivity contribution in [2.75, 3.05) is 12.1 Å². The van der Waals surface area contributed by atoms with Crippen molar-refractivity contribution in [1.29, 1.82) is 0 Å². The Morgan fingerprint density at radius 3 is 2.62 bits per heavy atom. The third kappa shape index (κ3) is 2.77. The smallest absolute Gasteiger partial charge is 0.231 e. The molecule has 1 amide bonds. The number of ketones is 1. The van der Waals surface area contributed by atoms with Crippen molar-refractivity contribution in [3.05, 3.63) is 29.8 Å². The number of allylic oxidation sites excluding steroid dienone is 2. The van der Waals surface area contributed by atoms with Crippen LogP contribution in [0.15, 0.2) is 24.3 Å². The number of rotatable bonds is 3. The zero-order valence-corrected chi connectivity index (χ0v) is 11.8. The second-order valence-corrected chi connectivity index (χ2v) is 5.28. The lowest BCUT2D eigenvalue weighted by Crippen LogP contribution is -2.24. The fourth-order valence-electron chi connectivity index (χ4n) is 2.60. The second-order valence-electron chi connectivity index (χ2n) is 5.28. The van der Waals surface area contributed by atoms with Gasteiger partial charge in [0.15, 0.2) is 17.3 Å². The van der Waals surface area contributed by atoms with E-state index in [9.17, 15) is 9.59 Å². The molecule has 21 heavy (non-hydrogen) atoms. The van der Waals surface area contributed by atoms with Crippen LogP contribution in [0.3, 0.4) is 0 Å². The van der Waals surface area contributed by atoms with Crippen molar-refractivity contribution in [1.82, 2.24) is 0 Å². The Labute approximate surface area is 122 Å². The Morgan fingerprint density at radius 2 is 1.95 bits per heavy atom. The summed E-state index contributed by atoms with van der Waals surface area (Å²) in [5.74, 6) is 0.880. The predicted octanol–water partition coefficient (Wildman–Crippen LogP) is 2.91. The monoisotopic (exact) mass is 287 g/mol. The molecule has 0 radical (unpaired) electrons. The van der Waals surface area contributed by atoms with E-state index in [1.807, 2.05) is 6.08 Å². The molecule has 0 saturated heterocycles. The minimum atomic E-state index is -0.118. The van der Waals surface area contributed by atoms with E-state index in [0.717, 1.165) is 19.3 Å². The zero-order valence-electron chi connectivity index (χ0n) is 11.8. The maximum Gasteiger partial charge on any atom is 0.231 e. The maximum absolute atomic E-state index is 12.3. The number of fused-ring (bicyclic) bond motifs is 1. The molecule has 0 spiro atoms. The summed E-state index contributed by atoms with van der Waals surface area (Å²) in [5.41, 5.74) is 0.935. The molecule has 1 unspecified atom stereocenters. The van der Waals surface area contributed by atoms with Crippen LogP contribution in [0.1, 0.15) is 36.5 Å². The summed E-state index contributed by atoms with van der Waals surface area (Å²) in [6, 6.07) is 3.29. The topological polar surface area (TPSA) is 64.6 Å². The summed E-state index contributed by atoms with van der Waals surface area (Å²) in [4.78, 5) is 24.1. The number of carbonyl (C=O) groups is 2.